The molecule has 0 aromatic heterocycles. The highest BCUT2D eigenvalue weighted by Gasteiger charge is 2.45. The Kier molecular flexibility index (Phi) is 5.35. The summed E-state index contributed by atoms with van der Waals surface area (Å²) in [4.78, 5) is 38.0. The van der Waals surface area contributed by atoms with Gasteiger partial charge in [0.2, 0.25) is 5.91 Å². The van der Waals surface area contributed by atoms with E-state index in [0.717, 1.165) is 0 Å². The molecule has 0 saturated carbocycles. The third-order valence-electron chi connectivity index (χ3n) is 3.85. The van der Waals surface area contributed by atoms with E-state index in [2.05, 4.69) is 5.32 Å². The number of likely N-dealkylation sites (tertiary alicyclic amines) is 1. The molecule has 114 valence electrons. The minimum atomic E-state index is -1.18. The van der Waals surface area contributed by atoms with Crippen LogP contribution in [0.25, 0.3) is 0 Å². The highest BCUT2D eigenvalue weighted by Crippen LogP contribution is 2.29. The van der Waals surface area contributed by atoms with Gasteiger partial charge < -0.3 is 20.2 Å². The Labute approximate surface area is 118 Å². The predicted molar refractivity (Wildman–Crippen MR) is 73.3 cm³/mol. The van der Waals surface area contributed by atoms with Crippen molar-refractivity contribution in [1.82, 2.24) is 15.1 Å². The molecule has 7 heteroatoms. The first-order valence-electron chi connectivity index (χ1n) is 6.93. The van der Waals surface area contributed by atoms with E-state index >= 15 is 0 Å². The van der Waals surface area contributed by atoms with Crippen molar-refractivity contribution >= 4 is 17.9 Å². The molecule has 0 aromatic rings. The summed E-state index contributed by atoms with van der Waals surface area (Å²) >= 11 is 0. The van der Waals surface area contributed by atoms with Crippen LogP contribution in [0.3, 0.4) is 0 Å². The number of carboxylic acid groups (broad SMARTS) is 1. The van der Waals surface area contributed by atoms with E-state index in [1.807, 2.05) is 13.8 Å². The number of urea groups is 1. The Hall–Kier alpha value is -1.79. The molecule has 3 amide bonds. The van der Waals surface area contributed by atoms with Crippen molar-refractivity contribution in [2.75, 3.05) is 26.2 Å². The Morgan fingerprint density at radius 2 is 1.90 bits per heavy atom. The van der Waals surface area contributed by atoms with Gasteiger partial charge in [0, 0.05) is 19.6 Å². The van der Waals surface area contributed by atoms with Gasteiger partial charge in [-0.15, -0.1) is 0 Å². The van der Waals surface area contributed by atoms with Gasteiger partial charge in [0.25, 0.3) is 0 Å². The Balaban J connectivity index is 2.59. The second-order valence-corrected chi connectivity index (χ2v) is 5.06. The van der Waals surface area contributed by atoms with Gasteiger partial charge in [-0.05, 0) is 33.6 Å². The normalized spacial score (nSPS) is 21.6. The molecule has 1 saturated heterocycles. The van der Waals surface area contributed by atoms with Gasteiger partial charge in [-0.1, -0.05) is 0 Å². The lowest BCUT2D eigenvalue weighted by molar-refractivity contribution is -0.147. The monoisotopic (exact) mass is 285 g/mol. The molecular formula is C13H23N3O4. The van der Waals surface area contributed by atoms with Crippen LogP contribution >= 0.6 is 0 Å². The molecule has 1 atom stereocenters. The van der Waals surface area contributed by atoms with Gasteiger partial charge in [-0.25, -0.2) is 9.59 Å². The van der Waals surface area contributed by atoms with Crippen molar-refractivity contribution < 1.29 is 19.5 Å². The van der Waals surface area contributed by atoms with Crippen molar-refractivity contribution in [3.05, 3.63) is 0 Å². The maximum atomic E-state index is 12.0. The Bertz CT molecular complexity index is 395. The first-order valence-corrected chi connectivity index (χ1v) is 6.93. The van der Waals surface area contributed by atoms with Gasteiger partial charge in [-0.2, -0.15) is 0 Å². The van der Waals surface area contributed by atoms with Gasteiger partial charge >= 0.3 is 12.0 Å². The van der Waals surface area contributed by atoms with E-state index in [1.54, 1.807) is 4.90 Å². The molecule has 1 fully saturated rings. The summed E-state index contributed by atoms with van der Waals surface area (Å²) in [6, 6.07) is -0.493. The van der Waals surface area contributed by atoms with Gasteiger partial charge in [0.05, 0.1) is 6.54 Å². The minimum absolute atomic E-state index is 0.104. The Morgan fingerprint density at radius 1 is 1.30 bits per heavy atom. The maximum absolute atomic E-state index is 12.0. The van der Waals surface area contributed by atoms with Crippen molar-refractivity contribution in [2.45, 2.75) is 39.2 Å². The summed E-state index contributed by atoms with van der Waals surface area (Å²) in [5, 5.41) is 11.8. The number of nitrogens with zero attached hydrogens (tertiary/aromatic N) is 2. The number of carboxylic acids is 1. The molecule has 7 nitrogen and oxygen atoms in total. The molecule has 1 heterocycles. The largest absolute Gasteiger partial charge is 0.480 e. The van der Waals surface area contributed by atoms with Crippen molar-refractivity contribution in [3.63, 3.8) is 0 Å². The van der Waals surface area contributed by atoms with Crippen LogP contribution in [0, 0.1) is 0 Å². The molecular weight excluding hydrogens is 262 g/mol. The SMILES string of the molecule is CCN(CC)C(=O)CNC(=O)N1CCCC1(C)C(=O)O. The van der Waals surface area contributed by atoms with E-state index < -0.39 is 17.5 Å². The summed E-state index contributed by atoms with van der Waals surface area (Å²) in [6.07, 6.45) is 1.08. The van der Waals surface area contributed by atoms with Crippen LogP contribution in [-0.2, 0) is 9.59 Å². The number of aliphatic carboxylic acids is 1. The van der Waals surface area contributed by atoms with Crippen LogP contribution in [-0.4, -0.2) is 64.5 Å². The molecule has 0 aliphatic carbocycles. The fourth-order valence-corrected chi connectivity index (χ4v) is 2.45. The molecule has 1 rings (SSSR count). The summed E-state index contributed by atoms with van der Waals surface area (Å²) in [7, 11) is 0. The number of likely N-dealkylation sites (N-methyl/N-ethyl adjacent to an activating group) is 1. The molecule has 0 aromatic carbocycles. The first-order chi connectivity index (χ1) is 9.36. The average molecular weight is 285 g/mol. The standard InChI is InChI=1S/C13H23N3O4/c1-4-15(5-2)10(17)9-14-12(20)16-8-6-7-13(16,3)11(18)19/h4-9H2,1-3H3,(H,14,20)(H,18,19). The number of carbonyl (C=O) groups excluding carboxylic acids is 2. The smallest absolute Gasteiger partial charge is 0.329 e. The Morgan fingerprint density at radius 3 is 2.40 bits per heavy atom. The summed E-state index contributed by atoms with van der Waals surface area (Å²) in [5.41, 5.74) is -1.18. The van der Waals surface area contributed by atoms with E-state index in [4.69, 9.17) is 0 Å². The van der Waals surface area contributed by atoms with E-state index in [9.17, 15) is 19.5 Å². The molecule has 1 aliphatic rings. The van der Waals surface area contributed by atoms with Crippen LogP contribution in [0.5, 0.6) is 0 Å². The number of amides is 3. The molecule has 1 unspecified atom stereocenters. The van der Waals surface area contributed by atoms with Crippen LogP contribution in [0.2, 0.25) is 0 Å². The molecule has 2 N–H and O–H groups in total. The topological polar surface area (TPSA) is 90.0 Å². The lowest BCUT2D eigenvalue weighted by atomic mass is 10.00. The fourth-order valence-electron chi connectivity index (χ4n) is 2.45. The van der Waals surface area contributed by atoms with E-state index in [-0.39, 0.29) is 12.5 Å². The van der Waals surface area contributed by atoms with Crippen molar-refractivity contribution in [2.24, 2.45) is 0 Å². The second kappa shape index (κ2) is 6.58. The maximum Gasteiger partial charge on any atom is 0.329 e. The second-order valence-electron chi connectivity index (χ2n) is 5.06. The third-order valence-corrected chi connectivity index (χ3v) is 3.85. The third kappa shape index (κ3) is 3.20. The zero-order valence-corrected chi connectivity index (χ0v) is 12.3. The van der Waals surface area contributed by atoms with E-state index in [1.165, 1.54) is 11.8 Å². The van der Waals surface area contributed by atoms with Gasteiger partial charge in [-0.3, -0.25) is 4.79 Å². The number of rotatable bonds is 5. The quantitative estimate of drug-likeness (QED) is 0.770. The average Bonchev–Trinajstić information content (AvgIpc) is 2.81. The van der Waals surface area contributed by atoms with Gasteiger partial charge in [0.1, 0.15) is 5.54 Å². The minimum Gasteiger partial charge on any atom is -0.480 e. The number of hydrogen-bond donors (Lipinski definition) is 2. The molecule has 0 bridgehead atoms. The molecule has 1 aliphatic heterocycles. The van der Waals surface area contributed by atoms with Gasteiger partial charge in [0.15, 0.2) is 0 Å². The fraction of sp³-hybridized carbons (Fsp3) is 0.769. The lowest BCUT2D eigenvalue weighted by Gasteiger charge is -2.31. The summed E-state index contributed by atoms with van der Waals surface area (Å²) < 4.78 is 0. The highest BCUT2D eigenvalue weighted by atomic mass is 16.4. The molecule has 0 radical (unpaired) electrons. The van der Waals surface area contributed by atoms with Crippen LogP contribution < -0.4 is 5.32 Å². The van der Waals surface area contributed by atoms with E-state index in [0.29, 0.717) is 32.5 Å². The number of hydrogen-bond acceptors (Lipinski definition) is 3. The highest BCUT2D eigenvalue weighted by molar-refractivity contribution is 5.89. The van der Waals surface area contributed by atoms with Crippen LogP contribution in [0.1, 0.15) is 33.6 Å². The van der Waals surface area contributed by atoms with Crippen LogP contribution in [0.4, 0.5) is 4.79 Å². The number of nitrogens with one attached hydrogen (secondary N) is 1. The molecule has 20 heavy (non-hydrogen) atoms. The summed E-state index contributed by atoms with van der Waals surface area (Å²) in [6.45, 7) is 6.73. The zero-order chi connectivity index (χ0) is 15.3. The lowest BCUT2D eigenvalue weighted by Crippen LogP contribution is -2.55. The predicted octanol–water partition coefficient (Wildman–Crippen LogP) is 0.504. The first kappa shape index (κ1) is 16.3. The van der Waals surface area contributed by atoms with Crippen molar-refractivity contribution in [3.8, 4) is 0 Å². The zero-order valence-electron chi connectivity index (χ0n) is 12.3. The summed E-state index contributed by atoms with van der Waals surface area (Å²) in [5.74, 6) is -1.18. The van der Waals surface area contributed by atoms with Crippen LogP contribution in [0.15, 0.2) is 0 Å². The molecule has 0 spiro atoms. The number of carbonyl (C=O) groups is 3. The van der Waals surface area contributed by atoms with Crippen molar-refractivity contribution in [1.29, 1.82) is 0 Å².